The number of hydrogen-bond acceptors (Lipinski definition) is 6. The summed E-state index contributed by atoms with van der Waals surface area (Å²) >= 11 is 0. The van der Waals surface area contributed by atoms with E-state index in [9.17, 15) is 23.5 Å². The summed E-state index contributed by atoms with van der Waals surface area (Å²) in [5, 5.41) is 11.7. The van der Waals surface area contributed by atoms with Gasteiger partial charge in [-0.05, 0) is 19.2 Å². The normalized spacial score (nSPS) is 17.6. The molecule has 1 saturated heterocycles. The Morgan fingerprint density at radius 2 is 1.89 bits per heavy atom. The summed E-state index contributed by atoms with van der Waals surface area (Å²) in [7, 11) is 3.10. The second-order valence-corrected chi connectivity index (χ2v) is 7.83. The van der Waals surface area contributed by atoms with Crippen LogP contribution in [0, 0.1) is 23.3 Å². The van der Waals surface area contributed by atoms with Gasteiger partial charge in [-0.1, -0.05) is 0 Å². The first-order valence-electron chi connectivity index (χ1n) is 10.1. The van der Waals surface area contributed by atoms with Crippen LogP contribution in [0.3, 0.4) is 0 Å². The van der Waals surface area contributed by atoms with Gasteiger partial charge in [-0.25, -0.2) is 22.4 Å². The van der Waals surface area contributed by atoms with Crippen LogP contribution >= 0.6 is 12.4 Å². The summed E-state index contributed by atoms with van der Waals surface area (Å²) in [6.45, 7) is 0.194. The van der Waals surface area contributed by atoms with Crippen LogP contribution in [0.1, 0.15) is 10.4 Å². The lowest BCUT2D eigenvalue weighted by molar-refractivity contribution is 0.0695. The SMILES string of the molecule is CN[C@@H]1CN(c2c(F)c(N)c3c(=O)c(C(=O)O)cn(-c4ccc(F)cc4F)c3c2F)C[C@@H]1OC.Cl. The summed E-state index contributed by atoms with van der Waals surface area (Å²) in [6, 6.07) is 2.03. The number of ether oxygens (including phenoxy) is 1. The van der Waals surface area contributed by atoms with Gasteiger partial charge in [-0.3, -0.25) is 4.79 Å². The topological polar surface area (TPSA) is 110 Å². The molecule has 0 unspecified atom stereocenters. The predicted molar refractivity (Wildman–Crippen MR) is 124 cm³/mol. The maximum atomic E-state index is 16.0. The zero-order chi connectivity index (χ0) is 24.9. The molecule has 0 amide bonds. The number of nitrogens with two attached hydrogens (primary N) is 1. The Morgan fingerprint density at radius 1 is 1.20 bits per heavy atom. The molecule has 13 heteroatoms. The van der Waals surface area contributed by atoms with Crippen molar-refractivity contribution in [1.29, 1.82) is 0 Å². The van der Waals surface area contributed by atoms with Crippen molar-refractivity contribution in [2.45, 2.75) is 12.1 Å². The third-order valence-corrected chi connectivity index (χ3v) is 5.99. The van der Waals surface area contributed by atoms with Crippen LogP contribution in [-0.2, 0) is 4.74 Å². The number of nitrogens with zero attached hydrogens (tertiary/aromatic N) is 2. The third-order valence-electron chi connectivity index (χ3n) is 5.99. The molecule has 2 atom stereocenters. The van der Waals surface area contributed by atoms with Crippen LogP contribution in [0.4, 0.5) is 28.9 Å². The molecule has 1 aliphatic rings. The number of fused-ring (bicyclic) bond motifs is 1. The van der Waals surface area contributed by atoms with Gasteiger partial charge in [-0.15, -0.1) is 12.4 Å². The maximum Gasteiger partial charge on any atom is 0.341 e. The monoisotopic (exact) mass is 516 g/mol. The van der Waals surface area contributed by atoms with Gasteiger partial charge in [0.2, 0.25) is 5.43 Å². The average molecular weight is 517 g/mol. The van der Waals surface area contributed by atoms with E-state index in [-0.39, 0.29) is 31.5 Å². The van der Waals surface area contributed by atoms with Gasteiger partial charge in [0.25, 0.3) is 0 Å². The highest BCUT2D eigenvalue weighted by atomic mass is 35.5. The van der Waals surface area contributed by atoms with Gasteiger partial charge in [0, 0.05) is 32.5 Å². The number of aromatic carboxylic acids is 1. The molecule has 0 saturated carbocycles. The number of aromatic nitrogens is 1. The zero-order valence-corrected chi connectivity index (χ0v) is 19.3. The summed E-state index contributed by atoms with van der Waals surface area (Å²) in [4.78, 5) is 25.8. The number of pyridine rings is 1. The van der Waals surface area contributed by atoms with Crippen LogP contribution in [0.15, 0.2) is 29.2 Å². The van der Waals surface area contributed by atoms with Crippen LogP contribution < -0.4 is 21.4 Å². The van der Waals surface area contributed by atoms with E-state index in [2.05, 4.69) is 5.32 Å². The van der Waals surface area contributed by atoms with Gasteiger partial charge < -0.3 is 30.4 Å². The number of benzene rings is 2. The zero-order valence-electron chi connectivity index (χ0n) is 18.4. The van der Waals surface area contributed by atoms with Crippen LogP contribution in [0.2, 0.25) is 0 Å². The predicted octanol–water partition coefficient (Wildman–Crippen LogP) is 2.67. The van der Waals surface area contributed by atoms with E-state index in [1.807, 2.05) is 0 Å². The lowest BCUT2D eigenvalue weighted by atomic mass is 10.1. The Hall–Kier alpha value is -3.35. The van der Waals surface area contributed by atoms with Crippen molar-refractivity contribution < 1.29 is 32.2 Å². The van der Waals surface area contributed by atoms with E-state index in [0.717, 1.165) is 16.7 Å². The van der Waals surface area contributed by atoms with Crippen molar-refractivity contribution in [2.24, 2.45) is 0 Å². The van der Waals surface area contributed by atoms with E-state index in [1.165, 1.54) is 12.0 Å². The molecule has 4 rings (SSSR count). The van der Waals surface area contributed by atoms with E-state index >= 15 is 8.78 Å². The minimum Gasteiger partial charge on any atom is -0.477 e. The summed E-state index contributed by atoms with van der Waals surface area (Å²) < 4.78 is 65.6. The lowest BCUT2D eigenvalue weighted by Crippen LogP contribution is -2.37. The number of likely N-dealkylation sites (N-methyl/N-ethyl adjacent to an activating group) is 1. The lowest BCUT2D eigenvalue weighted by Gasteiger charge is -2.23. The van der Waals surface area contributed by atoms with Crippen molar-refractivity contribution in [3.8, 4) is 5.69 Å². The highest BCUT2D eigenvalue weighted by Crippen LogP contribution is 2.38. The van der Waals surface area contributed by atoms with Crippen molar-refractivity contribution in [3.05, 3.63) is 63.5 Å². The molecule has 2 heterocycles. The smallest absolute Gasteiger partial charge is 0.341 e. The minimum atomic E-state index is -1.72. The van der Waals surface area contributed by atoms with Crippen molar-refractivity contribution in [2.75, 3.05) is 37.9 Å². The fourth-order valence-corrected chi connectivity index (χ4v) is 4.30. The first-order chi connectivity index (χ1) is 16.1. The first-order valence-corrected chi connectivity index (χ1v) is 10.1. The number of carbonyl (C=O) groups is 1. The minimum absolute atomic E-state index is 0. The Labute approximate surface area is 202 Å². The largest absolute Gasteiger partial charge is 0.477 e. The molecule has 0 radical (unpaired) electrons. The van der Waals surface area contributed by atoms with Crippen molar-refractivity contribution in [3.63, 3.8) is 0 Å². The molecule has 0 aliphatic carbocycles. The van der Waals surface area contributed by atoms with Crippen LogP contribution in [-0.4, -0.2) is 55.0 Å². The molecule has 0 bridgehead atoms. The van der Waals surface area contributed by atoms with Crippen molar-refractivity contribution >= 4 is 40.7 Å². The highest BCUT2D eigenvalue weighted by molar-refractivity contribution is 6.00. The molecule has 1 aromatic heterocycles. The number of carboxylic acids is 1. The number of methoxy groups -OCH3 is 1. The van der Waals surface area contributed by atoms with E-state index in [1.54, 1.807) is 7.05 Å². The molecule has 4 N–H and O–H groups in total. The molecule has 1 aliphatic heterocycles. The van der Waals surface area contributed by atoms with E-state index in [4.69, 9.17) is 10.5 Å². The first kappa shape index (κ1) is 26.3. The second kappa shape index (κ2) is 9.72. The van der Waals surface area contributed by atoms with Crippen molar-refractivity contribution in [1.82, 2.24) is 9.88 Å². The van der Waals surface area contributed by atoms with E-state index < -0.39 is 74.3 Å². The average Bonchev–Trinajstić information content (AvgIpc) is 3.20. The Kier molecular flexibility index (Phi) is 7.29. The third kappa shape index (κ3) is 4.17. The Morgan fingerprint density at radius 3 is 2.43 bits per heavy atom. The quantitative estimate of drug-likeness (QED) is 0.353. The van der Waals surface area contributed by atoms with Crippen LogP contribution in [0.25, 0.3) is 16.6 Å². The van der Waals surface area contributed by atoms with Gasteiger partial charge in [0.05, 0.1) is 34.4 Å². The number of carboxylic acid groups (broad SMARTS) is 1. The highest BCUT2D eigenvalue weighted by Gasteiger charge is 2.37. The van der Waals surface area contributed by atoms with E-state index in [0.29, 0.717) is 12.3 Å². The van der Waals surface area contributed by atoms with Crippen LogP contribution in [0.5, 0.6) is 0 Å². The molecular formula is C22H21ClF4N4O4. The fraction of sp³-hybridized carbons (Fsp3) is 0.273. The number of nitrogen functional groups attached to an aromatic ring is 1. The number of rotatable bonds is 5. The summed E-state index contributed by atoms with van der Waals surface area (Å²) in [5.74, 6) is -6.33. The number of nitrogens with one attached hydrogen (secondary N) is 1. The molecule has 2 aromatic carbocycles. The number of halogens is 5. The van der Waals surface area contributed by atoms with Gasteiger partial charge in [0.1, 0.15) is 22.9 Å². The Balaban J connectivity index is 0.00000342. The summed E-state index contributed by atoms with van der Waals surface area (Å²) in [5.41, 5.74) is 1.27. The van der Waals surface area contributed by atoms with Gasteiger partial charge in [-0.2, -0.15) is 0 Å². The standard InChI is InChI=1S/C22H20F4N4O4.ClH/c1-28-12-7-29(8-14(12)34-2)20-16(25)18(27)15-19(17(20)26)30(6-10(21(15)31)22(32)33)13-4-3-9(23)5-11(13)24;/h3-6,12,14,28H,7-8,27H2,1-2H3,(H,32,33);1H/t12-,14+;/m1./s1. The molecule has 0 spiro atoms. The number of anilines is 2. The summed E-state index contributed by atoms with van der Waals surface area (Å²) in [6.07, 6.45) is 0.276. The van der Waals surface area contributed by atoms with Gasteiger partial charge in [0.15, 0.2) is 11.6 Å². The molecule has 1 fully saturated rings. The molecule has 8 nitrogen and oxygen atoms in total. The Bertz CT molecular complexity index is 1370. The second-order valence-electron chi connectivity index (χ2n) is 7.83. The fourth-order valence-electron chi connectivity index (χ4n) is 4.30. The molecule has 188 valence electrons. The maximum absolute atomic E-state index is 16.0. The molecule has 3 aromatic rings. The molecular weight excluding hydrogens is 496 g/mol. The number of hydrogen-bond donors (Lipinski definition) is 3. The molecule has 35 heavy (non-hydrogen) atoms. The van der Waals surface area contributed by atoms with Gasteiger partial charge >= 0.3 is 5.97 Å².